The van der Waals surface area contributed by atoms with Crippen LogP contribution < -0.4 is 31.2 Å². The van der Waals surface area contributed by atoms with Gasteiger partial charge in [-0.15, -0.1) is 0 Å². The molecule has 0 unspecified atom stereocenters. The van der Waals surface area contributed by atoms with Crippen molar-refractivity contribution in [2.24, 2.45) is 5.73 Å². The first-order valence-electron chi connectivity index (χ1n) is 13.8. The Morgan fingerprint density at radius 2 is 1.79 bits per heavy atom. The first-order chi connectivity index (χ1) is 20.5. The molecule has 2 aromatic rings. The molecule has 1 heterocycles. The summed E-state index contributed by atoms with van der Waals surface area (Å²) in [5, 5.41) is 25.6. The number of carbonyl (C=O) groups is 4. The van der Waals surface area contributed by atoms with E-state index in [0.29, 0.717) is 22.4 Å². The van der Waals surface area contributed by atoms with Gasteiger partial charge in [0.15, 0.2) is 0 Å². The van der Waals surface area contributed by atoms with E-state index in [4.69, 9.17) is 25.4 Å². The Bertz CT molecular complexity index is 1350. The van der Waals surface area contributed by atoms with Crippen LogP contribution in [-0.2, 0) is 19.1 Å². The maximum Gasteiger partial charge on any atom is 0.354 e. The van der Waals surface area contributed by atoms with Crippen LogP contribution in [0.1, 0.15) is 54.6 Å². The lowest BCUT2D eigenvalue weighted by molar-refractivity contribution is -0.140. The van der Waals surface area contributed by atoms with E-state index in [1.165, 1.54) is 31.2 Å². The van der Waals surface area contributed by atoms with Crippen molar-refractivity contribution in [2.45, 2.75) is 45.3 Å². The Morgan fingerprint density at radius 3 is 2.40 bits per heavy atom. The van der Waals surface area contributed by atoms with Crippen LogP contribution in [0, 0.1) is 5.41 Å². The summed E-state index contributed by atoms with van der Waals surface area (Å²) in [4.78, 5) is 48.7. The number of amidine groups is 1. The standard InChI is InChI=1S/C30H37N5O8/c1-3-41-30(40)25(34-18(2)36)14-20-4-5-21(28(31)32)15-26(20)42-17-22(16-27(37)38)35-29(39)19-6-8-23(9-7-19)43-24-10-12-33-13-11-24/h4-9,14-15,22,24,33H,3,10-13,16-17H2,1-2H3,(H3,31,32)(H,34,36)(H,35,39)(H,37,38)/b25-14+/t22-/m1/s1. The lowest BCUT2D eigenvalue weighted by Gasteiger charge is -2.24. The van der Waals surface area contributed by atoms with E-state index in [0.717, 1.165) is 25.9 Å². The molecule has 1 aliphatic heterocycles. The first kappa shape index (κ1) is 32.6. The van der Waals surface area contributed by atoms with Crippen LogP contribution in [0.4, 0.5) is 0 Å². The number of ether oxygens (including phenoxy) is 3. The van der Waals surface area contributed by atoms with E-state index in [1.54, 1.807) is 31.2 Å². The predicted molar refractivity (Wildman–Crippen MR) is 158 cm³/mol. The zero-order valence-corrected chi connectivity index (χ0v) is 24.1. The van der Waals surface area contributed by atoms with Crippen molar-refractivity contribution in [3.8, 4) is 11.5 Å². The molecule has 2 aromatic carbocycles. The van der Waals surface area contributed by atoms with Gasteiger partial charge in [0.25, 0.3) is 5.91 Å². The number of piperidine rings is 1. The molecular formula is C30H37N5O8. The molecule has 43 heavy (non-hydrogen) atoms. The second-order valence-electron chi connectivity index (χ2n) is 9.80. The molecule has 0 bridgehead atoms. The third kappa shape index (κ3) is 10.5. The first-order valence-corrected chi connectivity index (χ1v) is 13.8. The molecule has 0 radical (unpaired) electrons. The average molecular weight is 596 g/mol. The summed E-state index contributed by atoms with van der Waals surface area (Å²) in [7, 11) is 0. The van der Waals surface area contributed by atoms with Gasteiger partial charge in [0.2, 0.25) is 5.91 Å². The van der Waals surface area contributed by atoms with Crippen molar-refractivity contribution in [2.75, 3.05) is 26.3 Å². The Morgan fingerprint density at radius 1 is 1.12 bits per heavy atom. The van der Waals surface area contributed by atoms with Crippen molar-refractivity contribution in [1.29, 1.82) is 5.41 Å². The van der Waals surface area contributed by atoms with Gasteiger partial charge in [-0.1, -0.05) is 12.1 Å². The fourth-order valence-electron chi connectivity index (χ4n) is 4.26. The van der Waals surface area contributed by atoms with Crippen molar-refractivity contribution < 1.29 is 38.5 Å². The minimum atomic E-state index is -1.16. The van der Waals surface area contributed by atoms with Gasteiger partial charge in [0, 0.05) is 23.6 Å². The van der Waals surface area contributed by atoms with E-state index in [9.17, 15) is 24.3 Å². The van der Waals surface area contributed by atoms with Gasteiger partial charge in [-0.05, 0) is 69.3 Å². The van der Waals surface area contributed by atoms with Gasteiger partial charge in [0.1, 0.15) is 35.7 Å². The number of carbonyl (C=O) groups excluding carboxylic acids is 3. The van der Waals surface area contributed by atoms with Gasteiger partial charge < -0.3 is 41.0 Å². The molecule has 13 heteroatoms. The Kier molecular flexibility index (Phi) is 12.1. The molecule has 1 saturated heterocycles. The molecule has 1 aliphatic rings. The monoisotopic (exact) mass is 595 g/mol. The van der Waals surface area contributed by atoms with Crippen molar-refractivity contribution in [1.82, 2.24) is 16.0 Å². The van der Waals surface area contributed by atoms with Crippen LogP contribution in [0.2, 0.25) is 0 Å². The summed E-state index contributed by atoms with van der Waals surface area (Å²) >= 11 is 0. The summed E-state index contributed by atoms with van der Waals surface area (Å²) in [6.45, 7) is 4.43. The van der Waals surface area contributed by atoms with Gasteiger partial charge in [-0.3, -0.25) is 19.8 Å². The number of benzene rings is 2. The SMILES string of the molecule is CCOC(=O)/C(=C\c1ccc(C(=N)N)cc1OC[C@@H](CC(=O)O)NC(=O)c1ccc(OC2CCNCC2)cc1)NC(C)=O. The van der Waals surface area contributed by atoms with E-state index >= 15 is 0 Å². The maximum atomic E-state index is 13.0. The number of hydrogen-bond acceptors (Lipinski definition) is 9. The second-order valence-corrected chi connectivity index (χ2v) is 9.80. The number of rotatable bonds is 14. The molecular weight excluding hydrogens is 558 g/mol. The Balaban J connectivity index is 1.78. The third-order valence-corrected chi connectivity index (χ3v) is 6.33. The van der Waals surface area contributed by atoms with Crippen molar-refractivity contribution in [3.05, 3.63) is 64.9 Å². The van der Waals surface area contributed by atoms with Gasteiger partial charge in [-0.25, -0.2) is 4.79 Å². The topological polar surface area (TPSA) is 202 Å². The van der Waals surface area contributed by atoms with E-state index in [2.05, 4.69) is 16.0 Å². The van der Waals surface area contributed by atoms with E-state index < -0.39 is 36.2 Å². The number of carboxylic acid groups (broad SMARTS) is 1. The third-order valence-electron chi connectivity index (χ3n) is 6.33. The summed E-state index contributed by atoms with van der Waals surface area (Å²) in [6.07, 6.45) is 2.77. The number of nitrogens with two attached hydrogens (primary N) is 1. The number of carboxylic acids is 1. The highest BCUT2D eigenvalue weighted by Gasteiger charge is 2.21. The zero-order valence-electron chi connectivity index (χ0n) is 24.1. The largest absolute Gasteiger partial charge is 0.491 e. The van der Waals surface area contributed by atoms with Crippen LogP contribution in [0.3, 0.4) is 0 Å². The zero-order chi connectivity index (χ0) is 31.4. The molecule has 230 valence electrons. The Hall–Kier alpha value is -4.91. The summed E-state index contributed by atoms with van der Waals surface area (Å²) in [6, 6.07) is 10.1. The normalized spacial score (nSPS) is 14.2. The van der Waals surface area contributed by atoms with Crippen LogP contribution in [0.25, 0.3) is 6.08 Å². The van der Waals surface area contributed by atoms with Crippen LogP contribution >= 0.6 is 0 Å². The molecule has 0 saturated carbocycles. The number of nitrogen functional groups attached to an aromatic ring is 1. The van der Waals surface area contributed by atoms with Crippen LogP contribution in [0.5, 0.6) is 11.5 Å². The Labute approximate surface area is 249 Å². The highest BCUT2D eigenvalue weighted by molar-refractivity contribution is 5.99. The lowest BCUT2D eigenvalue weighted by atomic mass is 10.1. The number of nitrogens with one attached hydrogen (secondary N) is 4. The number of aliphatic carboxylic acids is 1. The number of hydrogen-bond donors (Lipinski definition) is 6. The second kappa shape index (κ2) is 15.9. The minimum absolute atomic E-state index is 0.0763. The molecule has 7 N–H and O–H groups in total. The fourth-order valence-corrected chi connectivity index (χ4v) is 4.26. The molecule has 1 fully saturated rings. The molecule has 0 spiro atoms. The highest BCUT2D eigenvalue weighted by Crippen LogP contribution is 2.24. The van der Waals surface area contributed by atoms with E-state index in [-0.39, 0.29) is 36.6 Å². The smallest absolute Gasteiger partial charge is 0.354 e. The summed E-state index contributed by atoms with van der Waals surface area (Å²) < 4.78 is 16.9. The quantitative estimate of drug-likeness (QED) is 0.0809. The van der Waals surface area contributed by atoms with Crippen LogP contribution in [0.15, 0.2) is 48.2 Å². The average Bonchev–Trinajstić information content (AvgIpc) is 2.96. The van der Waals surface area contributed by atoms with E-state index in [1.807, 2.05) is 0 Å². The number of esters is 1. The van der Waals surface area contributed by atoms with Gasteiger partial charge >= 0.3 is 11.9 Å². The van der Waals surface area contributed by atoms with Crippen molar-refractivity contribution >= 4 is 35.7 Å². The molecule has 0 aromatic heterocycles. The molecule has 0 aliphatic carbocycles. The lowest BCUT2D eigenvalue weighted by Crippen LogP contribution is -2.40. The predicted octanol–water partition coefficient (Wildman–Crippen LogP) is 1.79. The van der Waals surface area contributed by atoms with Gasteiger partial charge in [-0.2, -0.15) is 0 Å². The highest BCUT2D eigenvalue weighted by atomic mass is 16.5. The van der Waals surface area contributed by atoms with Crippen molar-refractivity contribution in [3.63, 3.8) is 0 Å². The summed E-state index contributed by atoms with van der Waals surface area (Å²) in [5.74, 6) is -2.43. The minimum Gasteiger partial charge on any atom is -0.491 e. The maximum absolute atomic E-state index is 13.0. The fraction of sp³-hybridized carbons (Fsp3) is 0.367. The number of amides is 2. The molecule has 1 atom stereocenters. The summed E-state index contributed by atoms with van der Waals surface area (Å²) in [5.41, 5.74) is 6.41. The molecule has 3 rings (SSSR count). The molecule has 2 amide bonds. The van der Waals surface area contributed by atoms with Crippen LogP contribution in [-0.4, -0.2) is 73.1 Å². The van der Waals surface area contributed by atoms with Gasteiger partial charge in [0.05, 0.1) is 19.1 Å². The molecule has 13 nitrogen and oxygen atoms in total.